The van der Waals surface area contributed by atoms with E-state index in [0.717, 1.165) is 17.2 Å². The summed E-state index contributed by atoms with van der Waals surface area (Å²) in [6.07, 6.45) is 1.44. The number of allylic oxidation sites excluding steroid dienone is 1. The lowest BCUT2D eigenvalue weighted by Gasteiger charge is -2.15. The van der Waals surface area contributed by atoms with Crippen LogP contribution in [0.1, 0.15) is 19.4 Å². The molecule has 134 valence electrons. The predicted molar refractivity (Wildman–Crippen MR) is 101 cm³/mol. The van der Waals surface area contributed by atoms with E-state index in [9.17, 15) is 4.79 Å². The third-order valence-corrected chi connectivity index (χ3v) is 5.31. The van der Waals surface area contributed by atoms with E-state index in [4.69, 9.17) is 25.8 Å². The zero-order valence-electron chi connectivity index (χ0n) is 15.1. The average Bonchev–Trinajstić information content (AvgIpc) is 2.45. The van der Waals surface area contributed by atoms with Crippen LogP contribution in [0.25, 0.3) is 5.57 Å². The lowest BCUT2D eigenvalue weighted by molar-refractivity contribution is -0.137. The summed E-state index contributed by atoms with van der Waals surface area (Å²) in [6.45, 7) is 11.8. The number of carbonyl (C=O) groups is 1. The third kappa shape index (κ3) is 7.99. The molecule has 0 atom stereocenters. The maximum Gasteiger partial charge on any atom is 0.331 e. The number of esters is 1. The molecule has 0 spiro atoms. The maximum atomic E-state index is 11.5. The van der Waals surface area contributed by atoms with E-state index in [1.807, 2.05) is 19.1 Å². The van der Waals surface area contributed by atoms with Gasteiger partial charge in [0.25, 0.3) is 0 Å². The van der Waals surface area contributed by atoms with Gasteiger partial charge in [0.2, 0.25) is 0 Å². The van der Waals surface area contributed by atoms with Crippen LogP contribution in [-0.4, -0.2) is 34.0 Å². The molecule has 0 saturated heterocycles. The van der Waals surface area contributed by atoms with Crippen molar-refractivity contribution in [3.8, 4) is 5.75 Å². The summed E-state index contributed by atoms with van der Waals surface area (Å²) in [4.78, 5) is 11.5. The van der Waals surface area contributed by atoms with E-state index in [0.29, 0.717) is 24.0 Å². The summed E-state index contributed by atoms with van der Waals surface area (Å²) in [6, 6.07) is 6.46. The Morgan fingerprint density at radius 1 is 1.29 bits per heavy atom. The first-order valence-corrected chi connectivity index (χ1v) is 12.2. The number of halogens is 1. The van der Waals surface area contributed by atoms with Crippen molar-refractivity contribution >= 4 is 31.2 Å². The number of rotatable bonds is 9. The molecule has 1 aromatic rings. The number of carbonyl (C=O) groups excluding carboxylic acids is 1. The SMILES string of the molecule is CCOC(=O)C=C(C)c1ccc(OCOCC[Si](C)(C)C)cc1Cl. The van der Waals surface area contributed by atoms with E-state index in [-0.39, 0.29) is 12.8 Å². The molecule has 24 heavy (non-hydrogen) atoms. The van der Waals surface area contributed by atoms with Crippen molar-refractivity contribution in [1.29, 1.82) is 0 Å². The molecule has 0 aromatic heterocycles. The lowest BCUT2D eigenvalue weighted by atomic mass is 10.1. The first kappa shape index (κ1) is 20.7. The molecule has 0 fully saturated rings. The van der Waals surface area contributed by atoms with Crippen LogP contribution in [0.5, 0.6) is 5.75 Å². The second-order valence-corrected chi connectivity index (χ2v) is 12.7. The number of ether oxygens (including phenoxy) is 3. The largest absolute Gasteiger partial charge is 0.468 e. The van der Waals surface area contributed by atoms with Gasteiger partial charge < -0.3 is 14.2 Å². The molecule has 6 heteroatoms. The number of hydrogen-bond donors (Lipinski definition) is 0. The first-order chi connectivity index (χ1) is 11.2. The average molecular weight is 371 g/mol. The van der Waals surface area contributed by atoms with Crippen LogP contribution in [0.4, 0.5) is 0 Å². The highest BCUT2D eigenvalue weighted by Crippen LogP contribution is 2.28. The van der Waals surface area contributed by atoms with Crippen LogP contribution in [0, 0.1) is 0 Å². The van der Waals surface area contributed by atoms with Crippen LogP contribution in [0.3, 0.4) is 0 Å². The summed E-state index contributed by atoms with van der Waals surface area (Å²) < 4.78 is 16.0. The molecule has 0 bridgehead atoms. The minimum atomic E-state index is -1.08. The van der Waals surface area contributed by atoms with Gasteiger partial charge in [0.1, 0.15) is 5.75 Å². The van der Waals surface area contributed by atoms with Gasteiger partial charge in [0.15, 0.2) is 6.79 Å². The fourth-order valence-corrected chi connectivity index (χ4v) is 2.97. The lowest BCUT2D eigenvalue weighted by Crippen LogP contribution is -2.22. The Morgan fingerprint density at radius 2 is 2.00 bits per heavy atom. The highest BCUT2D eigenvalue weighted by atomic mass is 35.5. The van der Waals surface area contributed by atoms with Crippen LogP contribution >= 0.6 is 11.6 Å². The normalized spacial score (nSPS) is 12.2. The maximum absolute atomic E-state index is 11.5. The topological polar surface area (TPSA) is 44.8 Å². The van der Waals surface area contributed by atoms with Crippen molar-refractivity contribution in [1.82, 2.24) is 0 Å². The zero-order chi connectivity index (χ0) is 18.2. The van der Waals surface area contributed by atoms with Crippen molar-refractivity contribution in [2.24, 2.45) is 0 Å². The molecule has 1 rings (SSSR count). The quantitative estimate of drug-likeness (QED) is 0.202. The number of benzene rings is 1. The van der Waals surface area contributed by atoms with Gasteiger partial charge in [0, 0.05) is 20.8 Å². The molecular weight excluding hydrogens is 344 g/mol. The third-order valence-electron chi connectivity index (χ3n) is 3.29. The zero-order valence-corrected chi connectivity index (χ0v) is 16.9. The van der Waals surface area contributed by atoms with Crippen molar-refractivity contribution in [3.63, 3.8) is 0 Å². The highest BCUT2D eigenvalue weighted by molar-refractivity contribution is 6.76. The van der Waals surface area contributed by atoms with Crippen LogP contribution in [-0.2, 0) is 14.3 Å². The van der Waals surface area contributed by atoms with E-state index in [1.54, 1.807) is 13.0 Å². The standard InChI is InChI=1S/C18H27ClO4Si/c1-6-22-18(20)11-14(2)16-8-7-15(12-17(16)19)23-13-21-9-10-24(3,4)5/h7-8,11-12H,6,9-10,13H2,1-5H3. The van der Waals surface area contributed by atoms with Crippen molar-refractivity contribution in [2.75, 3.05) is 20.0 Å². The minimum Gasteiger partial charge on any atom is -0.468 e. The second kappa shape index (κ2) is 9.86. The predicted octanol–water partition coefficient (Wildman–Crippen LogP) is 5.00. The highest BCUT2D eigenvalue weighted by Gasteiger charge is 2.12. The van der Waals surface area contributed by atoms with Crippen LogP contribution in [0.2, 0.25) is 30.7 Å². The summed E-state index contributed by atoms with van der Waals surface area (Å²) in [5.41, 5.74) is 1.52. The van der Waals surface area contributed by atoms with E-state index < -0.39 is 8.07 Å². The van der Waals surface area contributed by atoms with Gasteiger partial charge in [-0.05, 0) is 49.2 Å². The summed E-state index contributed by atoms with van der Waals surface area (Å²) in [7, 11) is -1.08. The Hall–Kier alpha value is -1.30. The Labute approximate surface area is 150 Å². The molecule has 4 nitrogen and oxygen atoms in total. The summed E-state index contributed by atoms with van der Waals surface area (Å²) in [5, 5.41) is 0.521. The van der Waals surface area contributed by atoms with Crippen LogP contribution in [0.15, 0.2) is 24.3 Å². The molecule has 0 aliphatic rings. The molecule has 0 amide bonds. The fourth-order valence-electron chi connectivity index (χ4n) is 1.89. The monoisotopic (exact) mass is 370 g/mol. The van der Waals surface area contributed by atoms with Crippen molar-refractivity contribution < 1.29 is 19.0 Å². The van der Waals surface area contributed by atoms with Gasteiger partial charge in [-0.1, -0.05) is 31.2 Å². The molecule has 0 unspecified atom stereocenters. The van der Waals surface area contributed by atoms with Gasteiger partial charge >= 0.3 is 5.97 Å². The van der Waals surface area contributed by atoms with Gasteiger partial charge in [-0.15, -0.1) is 0 Å². The van der Waals surface area contributed by atoms with E-state index in [1.165, 1.54) is 6.08 Å². The fraction of sp³-hybridized carbons (Fsp3) is 0.500. The van der Waals surface area contributed by atoms with Gasteiger partial charge in [-0.2, -0.15) is 0 Å². The van der Waals surface area contributed by atoms with E-state index in [2.05, 4.69) is 19.6 Å². The first-order valence-electron chi connectivity index (χ1n) is 8.08. The molecule has 0 radical (unpaired) electrons. The molecular formula is C18H27ClO4Si. The molecule has 0 N–H and O–H groups in total. The van der Waals surface area contributed by atoms with Crippen molar-refractivity contribution in [2.45, 2.75) is 39.5 Å². The molecule has 0 aliphatic carbocycles. The number of hydrogen-bond acceptors (Lipinski definition) is 4. The summed E-state index contributed by atoms with van der Waals surface area (Å²) >= 11 is 6.28. The minimum absolute atomic E-state index is 0.206. The molecule has 0 heterocycles. The molecule has 0 aliphatic heterocycles. The van der Waals surface area contributed by atoms with Gasteiger partial charge in [-0.25, -0.2) is 4.79 Å². The Balaban J connectivity index is 2.57. The van der Waals surface area contributed by atoms with Crippen LogP contribution < -0.4 is 4.74 Å². The Bertz CT molecular complexity index is 579. The molecule has 1 aromatic carbocycles. The van der Waals surface area contributed by atoms with E-state index >= 15 is 0 Å². The second-order valence-electron chi connectivity index (χ2n) is 6.70. The van der Waals surface area contributed by atoms with Crippen molar-refractivity contribution in [3.05, 3.63) is 34.9 Å². The van der Waals surface area contributed by atoms with Gasteiger partial charge in [-0.3, -0.25) is 0 Å². The van der Waals surface area contributed by atoms with Gasteiger partial charge in [0.05, 0.1) is 11.6 Å². The summed E-state index contributed by atoms with van der Waals surface area (Å²) in [5.74, 6) is 0.267. The Morgan fingerprint density at radius 3 is 2.58 bits per heavy atom. The molecule has 0 saturated carbocycles. The smallest absolute Gasteiger partial charge is 0.331 e. The Kier molecular flexibility index (Phi) is 8.52.